The number of rotatable bonds is 4. The average molecular weight is 385 g/mol. The van der Waals surface area contributed by atoms with E-state index in [4.69, 9.17) is 0 Å². The van der Waals surface area contributed by atoms with Crippen molar-refractivity contribution in [1.29, 1.82) is 0 Å². The van der Waals surface area contributed by atoms with Gasteiger partial charge in [0, 0.05) is 12.2 Å². The second-order valence-electron chi connectivity index (χ2n) is 7.49. The number of halogens is 2. The molecule has 2 heterocycles. The van der Waals surface area contributed by atoms with E-state index in [9.17, 15) is 18.4 Å². The van der Waals surface area contributed by atoms with E-state index in [0.717, 1.165) is 35.9 Å². The summed E-state index contributed by atoms with van der Waals surface area (Å²) in [5, 5.41) is 2.67. The molecule has 2 amide bonds. The number of amides is 2. The fraction of sp³-hybridized carbons (Fsp3) is 0.381. The first-order chi connectivity index (χ1) is 13.4. The number of fused-ring (bicyclic) bond motifs is 1. The van der Waals surface area contributed by atoms with Gasteiger partial charge >= 0.3 is 0 Å². The lowest BCUT2D eigenvalue weighted by Crippen LogP contribution is -2.41. The van der Waals surface area contributed by atoms with Crippen molar-refractivity contribution in [2.75, 3.05) is 16.8 Å². The maximum Gasteiger partial charge on any atom is 0.264 e. The standard InChI is InChI=1S/C21H21F2N3O2/c1-13(19(27)25-18-7-5-16(22)12-24-18)14-4-6-17-15(11-14)3-2-10-26(17)20(28)21(23)8-9-21/h4-7,11-13H,2-3,8-10H2,1H3,(H,24,25,27)/t13-/m1/s1. The number of hydrogen-bond donors (Lipinski definition) is 1. The number of aromatic nitrogens is 1. The smallest absolute Gasteiger partial charge is 0.264 e. The molecule has 1 fully saturated rings. The van der Waals surface area contributed by atoms with Crippen LogP contribution in [0.1, 0.15) is 43.2 Å². The lowest BCUT2D eigenvalue weighted by atomic mass is 9.93. The molecule has 7 heteroatoms. The minimum atomic E-state index is -1.69. The second-order valence-corrected chi connectivity index (χ2v) is 7.49. The second kappa shape index (κ2) is 6.96. The predicted molar refractivity (Wildman–Crippen MR) is 101 cm³/mol. The first-order valence-corrected chi connectivity index (χ1v) is 9.43. The number of anilines is 2. The number of aryl methyl sites for hydroxylation is 1. The Kier molecular flexibility index (Phi) is 4.61. The summed E-state index contributed by atoms with van der Waals surface area (Å²) in [7, 11) is 0. The lowest BCUT2D eigenvalue weighted by Gasteiger charge is -2.31. The largest absolute Gasteiger partial charge is 0.310 e. The predicted octanol–water partition coefficient (Wildman–Crippen LogP) is 3.74. The molecule has 1 aliphatic carbocycles. The highest BCUT2D eigenvalue weighted by molar-refractivity contribution is 6.02. The Hall–Kier alpha value is -2.83. The Morgan fingerprint density at radius 1 is 1.25 bits per heavy atom. The molecule has 0 saturated heterocycles. The fourth-order valence-corrected chi connectivity index (χ4v) is 3.50. The molecule has 2 aliphatic rings. The van der Waals surface area contributed by atoms with Gasteiger partial charge < -0.3 is 10.2 Å². The van der Waals surface area contributed by atoms with Gasteiger partial charge in [0.2, 0.25) is 5.91 Å². The van der Waals surface area contributed by atoms with Crippen LogP contribution in [0.4, 0.5) is 20.3 Å². The van der Waals surface area contributed by atoms with Gasteiger partial charge in [-0.2, -0.15) is 0 Å². The zero-order valence-electron chi connectivity index (χ0n) is 15.5. The zero-order chi connectivity index (χ0) is 19.9. The van der Waals surface area contributed by atoms with E-state index in [1.807, 2.05) is 6.07 Å². The Labute approximate surface area is 161 Å². The van der Waals surface area contributed by atoms with Crippen molar-refractivity contribution >= 4 is 23.3 Å². The number of carbonyl (C=O) groups is 2. The van der Waals surface area contributed by atoms with Crippen molar-refractivity contribution in [2.24, 2.45) is 0 Å². The number of benzene rings is 1. The van der Waals surface area contributed by atoms with Crippen LogP contribution in [0.2, 0.25) is 0 Å². The van der Waals surface area contributed by atoms with Crippen LogP contribution in [0.15, 0.2) is 36.5 Å². The number of hydrogen-bond acceptors (Lipinski definition) is 3. The topological polar surface area (TPSA) is 62.3 Å². The first-order valence-electron chi connectivity index (χ1n) is 9.43. The number of nitrogens with one attached hydrogen (secondary N) is 1. The van der Waals surface area contributed by atoms with Crippen molar-refractivity contribution in [2.45, 2.75) is 44.2 Å². The Morgan fingerprint density at radius 3 is 2.71 bits per heavy atom. The molecule has 28 heavy (non-hydrogen) atoms. The Morgan fingerprint density at radius 2 is 2.04 bits per heavy atom. The SMILES string of the molecule is C[C@@H](C(=O)Nc1ccc(F)cn1)c1ccc2c(c1)CCCN2C(=O)C1(F)CC1. The van der Waals surface area contributed by atoms with Crippen LogP contribution < -0.4 is 10.2 Å². The van der Waals surface area contributed by atoms with Gasteiger partial charge in [-0.25, -0.2) is 13.8 Å². The van der Waals surface area contributed by atoms with Crippen molar-refractivity contribution in [3.63, 3.8) is 0 Å². The Balaban J connectivity index is 1.52. The summed E-state index contributed by atoms with van der Waals surface area (Å²) in [6.45, 7) is 2.29. The maximum atomic E-state index is 14.2. The average Bonchev–Trinajstić information content (AvgIpc) is 3.46. The van der Waals surface area contributed by atoms with Crippen LogP contribution in [0.5, 0.6) is 0 Å². The van der Waals surface area contributed by atoms with E-state index < -0.39 is 23.3 Å². The molecule has 0 spiro atoms. The summed E-state index contributed by atoms with van der Waals surface area (Å²) in [4.78, 5) is 30.4. The summed E-state index contributed by atoms with van der Waals surface area (Å²) >= 11 is 0. The van der Waals surface area contributed by atoms with E-state index in [1.54, 1.807) is 24.0 Å². The van der Waals surface area contributed by atoms with E-state index in [-0.39, 0.29) is 11.7 Å². The molecule has 1 aromatic heterocycles. The first kappa shape index (κ1) is 18.5. The minimum absolute atomic E-state index is 0.261. The monoisotopic (exact) mass is 385 g/mol. The molecule has 1 aliphatic heterocycles. The van der Waals surface area contributed by atoms with Crippen LogP contribution in [0.25, 0.3) is 0 Å². The van der Waals surface area contributed by atoms with Gasteiger partial charge in [0.05, 0.1) is 12.1 Å². The number of alkyl halides is 1. The molecular weight excluding hydrogens is 364 g/mol. The van der Waals surface area contributed by atoms with Crippen molar-refractivity contribution in [1.82, 2.24) is 4.98 Å². The van der Waals surface area contributed by atoms with E-state index in [2.05, 4.69) is 10.3 Å². The van der Waals surface area contributed by atoms with Crippen LogP contribution >= 0.6 is 0 Å². The zero-order valence-corrected chi connectivity index (χ0v) is 15.5. The van der Waals surface area contributed by atoms with E-state index in [0.29, 0.717) is 19.4 Å². The van der Waals surface area contributed by atoms with Crippen LogP contribution in [-0.2, 0) is 16.0 Å². The molecule has 0 radical (unpaired) electrons. The number of carbonyl (C=O) groups excluding carboxylic acids is 2. The number of nitrogens with zero attached hydrogens (tertiary/aromatic N) is 2. The van der Waals surface area contributed by atoms with Crippen LogP contribution in [-0.4, -0.2) is 29.0 Å². The molecule has 5 nitrogen and oxygen atoms in total. The summed E-state index contributed by atoms with van der Waals surface area (Å²) in [5.74, 6) is -1.36. The molecule has 1 saturated carbocycles. The highest BCUT2D eigenvalue weighted by Crippen LogP contribution is 2.43. The van der Waals surface area contributed by atoms with Crippen LogP contribution in [0, 0.1) is 5.82 Å². The minimum Gasteiger partial charge on any atom is -0.310 e. The van der Waals surface area contributed by atoms with E-state index >= 15 is 0 Å². The van der Waals surface area contributed by atoms with Gasteiger partial charge in [-0.15, -0.1) is 0 Å². The molecule has 0 bridgehead atoms. The molecule has 0 unspecified atom stereocenters. The van der Waals surface area contributed by atoms with Gasteiger partial charge in [-0.1, -0.05) is 12.1 Å². The maximum absolute atomic E-state index is 14.2. The molecule has 1 atom stereocenters. The highest BCUT2D eigenvalue weighted by Gasteiger charge is 2.53. The van der Waals surface area contributed by atoms with E-state index in [1.165, 1.54) is 12.1 Å². The molecule has 2 aromatic rings. The molecule has 146 valence electrons. The third-order valence-corrected chi connectivity index (χ3v) is 5.41. The van der Waals surface area contributed by atoms with Crippen LogP contribution in [0.3, 0.4) is 0 Å². The van der Waals surface area contributed by atoms with Crippen molar-refractivity contribution < 1.29 is 18.4 Å². The third-order valence-electron chi connectivity index (χ3n) is 5.41. The van der Waals surface area contributed by atoms with Gasteiger partial charge in [0.25, 0.3) is 5.91 Å². The fourth-order valence-electron chi connectivity index (χ4n) is 3.50. The lowest BCUT2D eigenvalue weighted by molar-refractivity contribution is -0.124. The van der Waals surface area contributed by atoms with Gasteiger partial charge in [-0.05, 0) is 61.9 Å². The molecular formula is C21H21F2N3O2. The Bertz CT molecular complexity index is 926. The normalized spacial score (nSPS) is 18.2. The summed E-state index contributed by atoms with van der Waals surface area (Å²) in [6.07, 6.45) is 3.18. The molecule has 1 N–H and O–H groups in total. The van der Waals surface area contributed by atoms with Gasteiger partial charge in [0.15, 0.2) is 5.67 Å². The molecule has 1 aromatic carbocycles. The quantitative estimate of drug-likeness (QED) is 0.872. The third kappa shape index (κ3) is 3.48. The summed E-state index contributed by atoms with van der Waals surface area (Å²) in [6, 6.07) is 8.14. The van der Waals surface area contributed by atoms with Gasteiger partial charge in [-0.3, -0.25) is 9.59 Å². The summed E-state index contributed by atoms with van der Waals surface area (Å²) in [5.41, 5.74) is 0.787. The van der Waals surface area contributed by atoms with Gasteiger partial charge in [0.1, 0.15) is 11.6 Å². The highest BCUT2D eigenvalue weighted by atomic mass is 19.1. The summed E-state index contributed by atoms with van der Waals surface area (Å²) < 4.78 is 27.2. The number of pyridine rings is 1. The molecule has 4 rings (SSSR count). The van der Waals surface area contributed by atoms with Crippen molar-refractivity contribution in [3.05, 3.63) is 53.5 Å². The van der Waals surface area contributed by atoms with Crippen molar-refractivity contribution in [3.8, 4) is 0 Å².